The van der Waals surface area contributed by atoms with Crippen molar-refractivity contribution in [2.75, 3.05) is 0 Å². The molecule has 0 N–H and O–H groups in total. The SMILES string of the molecule is CC(Oc1cccnc1[N+](=O)[O-])c1cc(Cl)ccc1C(F)(F)F. The molecule has 9 heteroatoms. The lowest BCUT2D eigenvalue weighted by Crippen LogP contribution is -2.14. The van der Waals surface area contributed by atoms with E-state index in [1.807, 2.05) is 0 Å². The number of benzene rings is 1. The van der Waals surface area contributed by atoms with Crippen LogP contribution in [0, 0.1) is 10.1 Å². The first-order valence-electron chi connectivity index (χ1n) is 6.33. The van der Waals surface area contributed by atoms with Gasteiger partial charge in [-0.2, -0.15) is 13.2 Å². The van der Waals surface area contributed by atoms with Crippen molar-refractivity contribution in [1.82, 2.24) is 4.98 Å². The molecule has 0 amide bonds. The van der Waals surface area contributed by atoms with Gasteiger partial charge in [-0.15, -0.1) is 0 Å². The molecule has 2 rings (SSSR count). The first kappa shape index (κ1) is 17.0. The molecule has 0 saturated carbocycles. The maximum absolute atomic E-state index is 13.1. The maximum Gasteiger partial charge on any atom is 0.416 e. The van der Waals surface area contributed by atoms with Crippen LogP contribution in [0.1, 0.15) is 24.2 Å². The Bertz CT molecular complexity index is 737. The zero-order chi connectivity index (χ0) is 17.2. The Labute approximate surface area is 133 Å². The molecule has 0 saturated heterocycles. The third kappa shape index (κ3) is 3.89. The number of nitrogens with zero attached hydrogens (tertiary/aromatic N) is 2. The first-order chi connectivity index (χ1) is 10.7. The highest BCUT2D eigenvalue weighted by atomic mass is 35.5. The van der Waals surface area contributed by atoms with Gasteiger partial charge in [0.05, 0.1) is 5.56 Å². The predicted molar refractivity (Wildman–Crippen MR) is 76.4 cm³/mol. The van der Waals surface area contributed by atoms with E-state index >= 15 is 0 Å². The minimum absolute atomic E-state index is 0.101. The van der Waals surface area contributed by atoms with Gasteiger partial charge in [0.1, 0.15) is 12.3 Å². The standard InChI is InChI=1S/C14H10ClF3N2O3/c1-8(23-12-3-2-6-19-13(12)20(21)22)10-7-9(15)4-5-11(10)14(16,17)18/h2-8H,1H3. The van der Waals surface area contributed by atoms with E-state index in [2.05, 4.69) is 4.98 Å². The van der Waals surface area contributed by atoms with Crippen molar-refractivity contribution in [3.8, 4) is 5.75 Å². The van der Waals surface area contributed by atoms with Gasteiger partial charge in [0, 0.05) is 10.6 Å². The summed E-state index contributed by atoms with van der Waals surface area (Å²) in [6, 6.07) is 5.73. The zero-order valence-electron chi connectivity index (χ0n) is 11.7. The molecular formula is C14H10ClF3N2O3. The number of hydrogen-bond donors (Lipinski definition) is 0. The number of aromatic nitrogens is 1. The Morgan fingerprint density at radius 2 is 2.04 bits per heavy atom. The van der Waals surface area contributed by atoms with Crippen LogP contribution in [0.4, 0.5) is 19.0 Å². The Morgan fingerprint density at radius 3 is 2.65 bits per heavy atom. The summed E-state index contributed by atoms with van der Waals surface area (Å²) in [4.78, 5) is 13.7. The van der Waals surface area contributed by atoms with Crippen molar-refractivity contribution < 1.29 is 22.8 Å². The molecule has 0 spiro atoms. The van der Waals surface area contributed by atoms with E-state index in [1.165, 1.54) is 25.3 Å². The number of hydrogen-bond acceptors (Lipinski definition) is 4. The van der Waals surface area contributed by atoms with Crippen LogP contribution in [0.15, 0.2) is 36.5 Å². The smallest absolute Gasteiger partial charge is 0.416 e. The molecule has 122 valence electrons. The van der Waals surface area contributed by atoms with E-state index in [0.29, 0.717) is 0 Å². The van der Waals surface area contributed by atoms with Crippen LogP contribution in [0.5, 0.6) is 5.75 Å². The quantitative estimate of drug-likeness (QED) is 0.589. The van der Waals surface area contributed by atoms with Crippen LogP contribution < -0.4 is 4.74 Å². The second-order valence-corrected chi connectivity index (χ2v) is 5.01. The summed E-state index contributed by atoms with van der Waals surface area (Å²) in [6.45, 7) is 1.34. The molecule has 0 aliphatic heterocycles. The topological polar surface area (TPSA) is 65.3 Å². The Hall–Kier alpha value is -2.35. The minimum Gasteiger partial charge on any atom is -0.478 e. The first-order valence-corrected chi connectivity index (χ1v) is 6.70. The number of rotatable bonds is 4. The Balaban J connectivity index is 2.41. The van der Waals surface area contributed by atoms with E-state index in [4.69, 9.17) is 16.3 Å². The van der Waals surface area contributed by atoms with Gasteiger partial charge in [-0.1, -0.05) is 11.6 Å². The van der Waals surface area contributed by atoms with Gasteiger partial charge in [0.25, 0.3) is 0 Å². The number of halogens is 4. The summed E-state index contributed by atoms with van der Waals surface area (Å²) in [5.74, 6) is -0.798. The number of nitro groups is 1. The van der Waals surface area contributed by atoms with Crippen LogP contribution in [0.3, 0.4) is 0 Å². The van der Waals surface area contributed by atoms with Gasteiger partial charge in [0.2, 0.25) is 5.75 Å². The normalized spacial score (nSPS) is 12.7. The lowest BCUT2D eigenvalue weighted by Gasteiger charge is -2.19. The van der Waals surface area contributed by atoms with Crippen molar-refractivity contribution in [2.45, 2.75) is 19.2 Å². The average molecular weight is 347 g/mol. The van der Waals surface area contributed by atoms with Crippen molar-refractivity contribution in [3.63, 3.8) is 0 Å². The molecule has 1 aromatic heterocycles. The third-order valence-electron chi connectivity index (χ3n) is 2.98. The molecule has 0 bridgehead atoms. The Morgan fingerprint density at radius 1 is 1.35 bits per heavy atom. The van der Waals surface area contributed by atoms with Crippen LogP contribution >= 0.6 is 11.6 Å². The number of pyridine rings is 1. The molecule has 0 fully saturated rings. The largest absolute Gasteiger partial charge is 0.478 e. The predicted octanol–water partition coefficient (Wildman–Crippen LogP) is 4.80. The summed E-state index contributed by atoms with van der Waals surface area (Å²) in [5.41, 5.74) is -1.14. The van der Waals surface area contributed by atoms with Gasteiger partial charge in [0.15, 0.2) is 0 Å². The van der Waals surface area contributed by atoms with Crippen LogP contribution in [0.25, 0.3) is 0 Å². The minimum atomic E-state index is -4.60. The molecule has 1 atom stereocenters. The molecule has 5 nitrogen and oxygen atoms in total. The molecule has 1 aromatic carbocycles. The highest BCUT2D eigenvalue weighted by molar-refractivity contribution is 6.30. The summed E-state index contributed by atoms with van der Waals surface area (Å²) in [5, 5.41) is 11.0. The third-order valence-corrected chi connectivity index (χ3v) is 3.22. The molecular weight excluding hydrogens is 337 g/mol. The fraction of sp³-hybridized carbons (Fsp3) is 0.214. The maximum atomic E-state index is 13.1. The lowest BCUT2D eigenvalue weighted by atomic mass is 10.0. The summed E-state index contributed by atoms with van der Waals surface area (Å²) >= 11 is 5.75. The van der Waals surface area contributed by atoms with Crippen molar-refractivity contribution in [1.29, 1.82) is 0 Å². The van der Waals surface area contributed by atoms with E-state index < -0.39 is 28.6 Å². The van der Waals surface area contributed by atoms with Crippen molar-refractivity contribution in [2.24, 2.45) is 0 Å². The number of ether oxygens (including phenoxy) is 1. The molecule has 1 unspecified atom stereocenters. The number of alkyl halides is 3. The van der Waals surface area contributed by atoms with Crippen molar-refractivity contribution in [3.05, 3.63) is 62.8 Å². The molecule has 23 heavy (non-hydrogen) atoms. The van der Waals surface area contributed by atoms with E-state index in [9.17, 15) is 23.3 Å². The van der Waals surface area contributed by atoms with Gasteiger partial charge >= 0.3 is 12.0 Å². The van der Waals surface area contributed by atoms with Gasteiger partial charge in [-0.05, 0) is 47.2 Å². The average Bonchev–Trinajstić information content (AvgIpc) is 2.46. The van der Waals surface area contributed by atoms with Crippen LogP contribution in [0.2, 0.25) is 5.02 Å². The van der Waals surface area contributed by atoms with Gasteiger partial charge in [-0.3, -0.25) is 0 Å². The molecule has 0 aliphatic rings. The molecule has 2 aromatic rings. The fourth-order valence-corrected chi connectivity index (χ4v) is 2.17. The van der Waals surface area contributed by atoms with E-state index in [1.54, 1.807) is 0 Å². The molecule has 0 aliphatic carbocycles. The highest BCUT2D eigenvalue weighted by Crippen LogP contribution is 2.38. The van der Waals surface area contributed by atoms with E-state index in [0.717, 1.165) is 18.2 Å². The monoisotopic (exact) mass is 346 g/mol. The van der Waals surface area contributed by atoms with Crippen molar-refractivity contribution >= 4 is 17.4 Å². The Kier molecular flexibility index (Phi) is 4.74. The lowest BCUT2D eigenvalue weighted by molar-refractivity contribution is -0.390. The van der Waals surface area contributed by atoms with Gasteiger partial charge < -0.3 is 14.9 Å². The zero-order valence-corrected chi connectivity index (χ0v) is 12.4. The van der Waals surface area contributed by atoms with Crippen LogP contribution in [-0.4, -0.2) is 9.91 Å². The van der Waals surface area contributed by atoms with E-state index in [-0.39, 0.29) is 16.3 Å². The molecule has 0 radical (unpaired) electrons. The highest BCUT2D eigenvalue weighted by Gasteiger charge is 2.35. The second kappa shape index (κ2) is 6.41. The van der Waals surface area contributed by atoms with Gasteiger partial charge in [-0.25, -0.2) is 0 Å². The summed E-state index contributed by atoms with van der Waals surface area (Å²) in [6.07, 6.45) is -4.53. The van der Waals surface area contributed by atoms with Crippen LogP contribution in [-0.2, 0) is 6.18 Å². The molecule has 1 heterocycles. The summed E-state index contributed by atoms with van der Waals surface area (Å²) < 4.78 is 44.5. The second-order valence-electron chi connectivity index (χ2n) is 4.57. The summed E-state index contributed by atoms with van der Waals surface area (Å²) in [7, 11) is 0. The fourth-order valence-electron chi connectivity index (χ4n) is 1.99.